The Hall–Kier alpha value is -0.610. The molecule has 0 bridgehead atoms. The molecule has 0 aromatic rings. The van der Waals surface area contributed by atoms with Crippen LogP contribution in [0.4, 0.5) is 0 Å². The van der Waals surface area contributed by atoms with E-state index in [1.807, 2.05) is 16.8 Å². The Bertz CT molecular complexity index is 178. The molecule has 0 spiro atoms. The van der Waals surface area contributed by atoms with Crippen molar-refractivity contribution in [1.29, 1.82) is 0 Å². The van der Waals surface area contributed by atoms with Crippen LogP contribution in [-0.4, -0.2) is 55.5 Å². The Balaban J connectivity index is 2.25. The van der Waals surface area contributed by atoms with Gasteiger partial charge < -0.3 is 10.6 Å². The number of amides is 1. The number of carbonyl (C=O) groups is 1. The maximum atomic E-state index is 11.7. The molecule has 1 aliphatic heterocycles. The van der Waals surface area contributed by atoms with Crippen molar-refractivity contribution in [3.63, 3.8) is 0 Å². The summed E-state index contributed by atoms with van der Waals surface area (Å²) in [6.45, 7) is 3.80. The van der Waals surface area contributed by atoms with Gasteiger partial charge in [-0.1, -0.05) is 0 Å². The molecule has 82 valence electrons. The molecule has 4 heteroatoms. The minimum atomic E-state index is 0.251. The number of nitrogens with zero attached hydrogens (tertiary/aromatic N) is 2. The lowest BCUT2D eigenvalue weighted by Crippen LogP contribution is -2.42. The topological polar surface area (TPSA) is 49.6 Å². The van der Waals surface area contributed by atoms with E-state index >= 15 is 0 Å². The zero-order valence-corrected chi connectivity index (χ0v) is 9.04. The number of hydrogen-bond acceptors (Lipinski definition) is 3. The van der Waals surface area contributed by atoms with Gasteiger partial charge in [0.2, 0.25) is 5.91 Å². The summed E-state index contributed by atoms with van der Waals surface area (Å²) in [4.78, 5) is 15.7. The fourth-order valence-electron chi connectivity index (χ4n) is 1.77. The average Bonchev–Trinajstić information content (AvgIpc) is 2.19. The highest BCUT2D eigenvalue weighted by Crippen LogP contribution is 2.08. The molecule has 0 aromatic carbocycles. The Morgan fingerprint density at radius 3 is 2.57 bits per heavy atom. The van der Waals surface area contributed by atoms with Crippen LogP contribution in [0.3, 0.4) is 0 Å². The quantitative estimate of drug-likeness (QED) is 0.687. The molecule has 1 heterocycles. The van der Waals surface area contributed by atoms with Crippen molar-refractivity contribution in [3.05, 3.63) is 0 Å². The number of likely N-dealkylation sites (N-methyl/N-ethyl adjacent to an activating group) is 1. The van der Waals surface area contributed by atoms with Crippen LogP contribution < -0.4 is 5.73 Å². The van der Waals surface area contributed by atoms with Crippen molar-refractivity contribution in [2.45, 2.75) is 19.3 Å². The van der Waals surface area contributed by atoms with Gasteiger partial charge >= 0.3 is 0 Å². The van der Waals surface area contributed by atoms with Crippen LogP contribution in [0.25, 0.3) is 0 Å². The second-order valence-electron chi connectivity index (χ2n) is 3.97. The van der Waals surface area contributed by atoms with Crippen molar-refractivity contribution < 1.29 is 4.79 Å². The van der Waals surface area contributed by atoms with Crippen molar-refractivity contribution in [1.82, 2.24) is 9.80 Å². The van der Waals surface area contributed by atoms with Crippen LogP contribution in [0.15, 0.2) is 0 Å². The van der Waals surface area contributed by atoms with Crippen LogP contribution in [0.2, 0.25) is 0 Å². The highest BCUT2D eigenvalue weighted by atomic mass is 16.2. The molecule has 1 rings (SSSR count). The molecule has 1 aliphatic rings. The SMILES string of the molecule is CN(CCN)CC(=O)N1CCCCC1. The summed E-state index contributed by atoms with van der Waals surface area (Å²) in [6, 6.07) is 0. The van der Waals surface area contributed by atoms with Gasteiger partial charge in [0, 0.05) is 26.2 Å². The lowest BCUT2D eigenvalue weighted by atomic mass is 10.1. The third-order valence-corrected chi connectivity index (χ3v) is 2.62. The van der Waals surface area contributed by atoms with E-state index in [-0.39, 0.29) is 5.91 Å². The van der Waals surface area contributed by atoms with E-state index in [1.165, 1.54) is 6.42 Å². The summed E-state index contributed by atoms with van der Waals surface area (Å²) in [5, 5.41) is 0. The molecule has 1 saturated heterocycles. The number of carbonyl (C=O) groups excluding carboxylic acids is 1. The number of nitrogens with two attached hydrogens (primary N) is 1. The van der Waals surface area contributed by atoms with Gasteiger partial charge in [-0.15, -0.1) is 0 Å². The van der Waals surface area contributed by atoms with Crippen molar-refractivity contribution in [2.24, 2.45) is 5.73 Å². The zero-order chi connectivity index (χ0) is 10.4. The molecular formula is C10H21N3O. The van der Waals surface area contributed by atoms with E-state index in [2.05, 4.69) is 0 Å². The number of likely N-dealkylation sites (tertiary alicyclic amines) is 1. The predicted molar refractivity (Wildman–Crippen MR) is 57.0 cm³/mol. The first-order chi connectivity index (χ1) is 6.74. The minimum absolute atomic E-state index is 0.251. The standard InChI is InChI=1S/C10H21N3O/c1-12(8-5-11)9-10(14)13-6-3-2-4-7-13/h2-9,11H2,1H3. The Labute approximate surface area is 86.0 Å². The molecule has 0 aliphatic carbocycles. The lowest BCUT2D eigenvalue weighted by molar-refractivity contribution is -0.132. The highest BCUT2D eigenvalue weighted by molar-refractivity contribution is 5.78. The molecule has 4 nitrogen and oxygen atoms in total. The molecule has 2 N–H and O–H groups in total. The molecular weight excluding hydrogens is 178 g/mol. The largest absolute Gasteiger partial charge is 0.342 e. The Morgan fingerprint density at radius 2 is 2.00 bits per heavy atom. The predicted octanol–water partition coefficient (Wildman–Crippen LogP) is -0.111. The summed E-state index contributed by atoms with van der Waals surface area (Å²) in [7, 11) is 1.94. The van der Waals surface area contributed by atoms with Gasteiger partial charge in [0.15, 0.2) is 0 Å². The van der Waals surface area contributed by atoms with Crippen LogP contribution in [0.1, 0.15) is 19.3 Å². The van der Waals surface area contributed by atoms with Gasteiger partial charge in [-0.25, -0.2) is 0 Å². The van der Waals surface area contributed by atoms with E-state index in [0.29, 0.717) is 13.1 Å². The van der Waals surface area contributed by atoms with Gasteiger partial charge in [-0.2, -0.15) is 0 Å². The monoisotopic (exact) mass is 199 g/mol. The molecule has 14 heavy (non-hydrogen) atoms. The van der Waals surface area contributed by atoms with Crippen molar-refractivity contribution in [2.75, 3.05) is 39.8 Å². The van der Waals surface area contributed by atoms with Gasteiger partial charge in [0.05, 0.1) is 6.54 Å². The average molecular weight is 199 g/mol. The van der Waals surface area contributed by atoms with Crippen molar-refractivity contribution >= 4 is 5.91 Å². The molecule has 1 amide bonds. The fourth-order valence-corrected chi connectivity index (χ4v) is 1.77. The van der Waals surface area contributed by atoms with E-state index in [0.717, 1.165) is 32.5 Å². The minimum Gasteiger partial charge on any atom is -0.342 e. The van der Waals surface area contributed by atoms with E-state index < -0.39 is 0 Å². The van der Waals surface area contributed by atoms with Crippen molar-refractivity contribution in [3.8, 4) is 0 Å². The maximum Gasteiger partial charge on any atom is 0.236 e. The number of hydrogen-bond donors (Lipinski definition) is 1. The smallest absolute Gasteiger partial charge is 0.236 e. The highest BCUT2D eigenvalue weighted by Gasteiger charge is 2.17. The second kappa shape index (κ2) is 5.98. The fraction of sp³-hybridized carbons (Fsp3) is 0.900. The number of rotatable bonds is 4. The Kier molecular flexibility index (Phi) is 4.90. The first kappa shape index (κ1) is 11.5. The van der Waals surface area contributed by atoms with Gasteiger partial charge in [0.1, 0.15) is 0 Å². The molecule has 0 saturated carbocycles. The maximum absolute atomic E-state index is 11.7. The van der Waals surface area contributed by atoms with Crippen LogP contribution in [0, 0.1) is 0 Å². The van der Waals surface area contributed by atoms with Gasteiger partial charge in [-0.05, 0) is 26.3 Å². The molecule has 1 fully saturated rings. The second-order valence-corrected chi connectivity index (χ2v) is 3.97. The summed E-state index contributed by atoms with van der Waals surface area (Å²) < 4.78 is 0. The van der Waals surface area contributed by atoms with E-state index in [4.69, 9.17) is 5.73 Å². The van der Waals surface area contributed by atoms with Crippen LogP contribution in [-0.2, 0) is 4.79 Å². The molecule has 0 aromatic heterocycles. The Morgan fingerprint density at radius 1 is 1.36 bits per heavy atom. The first-order valence-corrected chi connectivity index (χ1v) is 5.40. The summed E-state index contributed by atoms with van der Waals surface area (Å²) in [6.07, 6.45) is 3.58. The normalized spacial score (nSPS) is 17.5. The molecule has 0 atom stereocenters. The summed E-state index contributed by atoms with van der Waals surface area (Å²) in [5.41, 5.74) is 5.42. The number of piperidine rings is 1. The molecule has 0 unspecified atom stereocenters. The third-order valence-electron chi connectivity index (χ3n) is 2.62. The van der Waals surface area contributed by atoms with E-state index in [9.17, 15) is 4.79 Å². The van der Waals surface area contributed by atoms with E-state index in [1.54, 1.807) is 0 Å². The van der Waals surface area contributed by atoms with Crippen LogP contribution in [0.5, 0.6) is 0 Å². The molecule has 0 radical (unpaired) electrons. The third kappa shape index (κ3) is 3.64. The zero-order valence-electron chi connectivity index (χ0n) is 9.04. The van der Waals surface area contributed by atoms with Gasteiger partial charge in [-0.3, -0.25) is 9.69 Å². The summed E-state index contributed by atoms with van der Waals surface area (Å²) >= 11 is 0. The van der Waals surface area contributed by atoms with Gasteiger partial charge in [0.25, 0.3) is 0 Å². The van der Waals surface area contributed by atoms with Crippen LogP contribution >= 0.6 is 0 Å². The lowest BCUT2D eigenvalue weighted by Gasteiger charge is -2.28. The first-order valence-electron chi connectivity index (χ1n) is 5.40. The summed E-state index contributed by atoms with van der Waals surface area (Å²) in [5.74, 6) is 0.251.